The van der Waals surface area contributed by atoms with Gasteiger partial charge in [0.15, 0.2) is 0 Å². The van der Waals surface area contributed by atoms with Crippen molar-refractivity contribution >= 4 is 6.16 Å². The third kappa shape index (κ3) is 2.33. The molecular formula is C13H22O3. The van der Waals surface area contributed by atoms with Gasteiger partial charge < -0.3 is 9.84 Å². The molecule has 0 spiro atoms. The van der Waals surface area contributed by atoms with Crippen LogP contribution in [0.1, 0.15) is 52.4 Å². The monoisotopic (exact) mass is 226 g/mol. The van der Waals surface area contributed by atoms with E-state index in [2.05, 4.69) is 6.92 Å². The Bertz CT molecular complexity index is 256. The Morgan fingerprint density at radius 1 is 1.31 bits per heavy atom. The van der Waals surface area contributed by atoms with Crippen molar-refractivity contribution in [2.75, 3.05) is 0 Å². The highest BCUT2D eigenvalue weighted by Crippen LogP contribution is 2.48. The van der Waals surface area contributed by atoms with Gasteiger partial charge in [-0.25, -0.2) is 4.79 Å². The lowest BCUT2D eigenvalue weighted by molar-refractivity contribution is -0.0856. The number of hydrogen-bond donors (Lipinski definition) is 1. The van der Waals surface area contributed by atoms with Crippen LogP contribution in [-0.4, -0.2) is 16.9 Å². The van der Waals surface area contributed by atoms with Crippen LogP contribution in [0.2, 0.25) is 0 Å². The molecule has 0 aliphatic heterocycles. The zero-order valence-corrected chi connectivity index (χ0v) is 10.2. The summed E-state index contributed by atoms with van der Waals surface area (Å²) < 4.78 is 5.22. The number of carboxylic acid groups (broad SMARTS) is 1. The molecule has 2 atom stereocenters. The van der Waals surface area contributed by atoms with Crippen molar-refractivity contribution in [2.24, 2.45) is 17.8 Å². The summed E-state index contributed by atoms with van der Waals surface area (Å²) in [5, 5.41) is 8.86. The summed E-state index contributed by atoms with van der Waals surface area (Å²) in [5.74, 6) is 2.17. The smallest absolute Gasteiger partial charge is 0.450 e. The molecule has 3 heteroatoms. The van der Waals surface area contributed by atoms with Crippen molar-refractivity contribution < 1.29 is 14.6 Å². The van der Waals surface area contributed by atoms with E-state index in [-0.39, 0.29) is 5.60 Å². The van der Waals surface area contributed by atoms with E-state index in [0.29, 0.717) is 11.8 Å². The SMILES string of the molecule is CCC1(OC(=O)O)CC2CC(C)CC(C2)C1. The second-order valence-electron chi connectivity index (χ2n) is 5.86. The summed E-state index contributed by atoms with van der Waals surface area (Å²) in [6.07, 6.45) is 5.39. The topological polar surface area (TPSA) is 46.5 Å². The van der Waals surface area contributed by atoms with E-state index in [0.717, 1.165) is 25.2 Å². The Morgan fingerprint density at radius 2 is 1.88 bits per heavy atom. The van der Waals surface area contributed by atoms with E-state index >= 15 is 0 Å². The predicted octanol–water partition coefficient (Wildman–Crippen LogP) is 3.68. The molecule has 2 fully saturated rings. The predicted molar refractivity (Wildman–Crippen MR) is 61.4 cm³/mol. The molecule has 1 N–H and O–H groups in total. The van der Waals surface area contributed by atoms with Gasteiger partial charge in [0.25, 0.3) is 0 Å². The minimum atomic E-state index is -1.10. The summed E-state index contributed by atoms with van der Waals surface area (Å²) in [5.41, 5.74) is -0.375. The molecule has 92 valence electrons. The van der Waals surface area contributed by atoms with Crippen LogP contribution in [0.25, 0.3) is 0 Å². The van der Waals surface area contributed by atoms with Gasteiger partial charge in [-0.1, -0.05) is 13.8 Å². The first-order valence-electron chi connectivity index (χ1n) is 6.45. The van der Waals surface area contributed by atoms with E-state index in [9.17, 15) is 4.79 Å². The Balaban J connectivity index is 2.09. The van der Waals surface area contributed by atoms with Gasteiger partial charge in [0.1, 0.15) is 5.60 Å². The fourth-order valence-corrected chi connectivity index (χ4v) is 4.00. The zero-order chi connectivity index (χ0) is 11.8. The summed E-state index contributed by atoms with van der Waals surface area (Å²) in [6.45, 7) is 4.36. The molecule has 0 saturated heterocycles. The number of carbonyl (C=O) groups is 1. The van der Waals surface area contributed by atoms with E-state index in [4.69, 9.17) is 9.84 Å². The second kappa shape index (κ2) is 4.27. The van der Waals surface area contributed by atoms with Gasteiger partial charge in [0, 0.05) is 0 Å². The maximum atomic E-state index is 10.8. The Labute approximate surface area is 97.2 Å². The van der Waals surface area contributed by atoms with Crippen LogP contribution in [0.4, 0.5) is 4.79 Å². The van der Waals surface area contributed by atoms with Gasteiger partial charge in [0.2, 0.25) is 0 Å². The molecule has 2 aliphatic rings. The molecule has 2 unspecified atom stereocenters. The Morgan fingerprint density at radius 3 is 2.31 bits per heavy atom. The van der Waals surface area contributed by atoms with Crippen LogP contribution in [0.3, 0.4) is 0 Å². The number of hydrogen-bond acceptors (Lipinski definition) is 2. The van der Waals surface area contributed by atoms with Crippen molar-refractivity contribution in [3.63, 3.8) is 0 Å². The minimum Gasteiger partial charge on any atom is -0.450 e. The van der Waals surface area contributed by atoms with E-state index < -0.39 is 6.16 Å². The first kappa shape index (κ1) is 11.7. The maximum Gasteiger partial charge on any atom is 0.506 e. The molecule has 0 amide bonds. The Kier molecular flexibility index (Phi) is 3.13. The number of ether oxygens (including phenoxy) is 1. The van der Waals surface area contributed by atoms with Crippen LogP contribution >= 0.6 is 0 Å². The molecule has 2 saturated carbocycles. The first-order valence-corrected chi connectivity index (χ1v) is 6.45. The zero-order valence-electron chi connectivity index (χ0n) is 10.2. The van der Waals surface area contributed by atoms with Crippen LogP contribution < -0.4 is 0 Å². The molecule has 2 bridgehead atoms. The molecule has 0 aromatic rings. The highest BCUT2D eigenvalue weighted by Gasteiger charge is 2.45. The van der Waals surface area contributed by atoms with Crippen LogP contribution in [0.5, 0.6) is 0 Å². The molecule has 0 heterocycles. The van der Waals surface area contributed by atoms with Gasteiger partial charge in [-0.15, -0.1) is 0 Å². The fourth-order valence-electron chi connectivity index (χ4n) is 4.00. The fraction of sp³-hybridized carbons (Fsp3) is 0.923. The highest BCUT2D eigenvalue weighted by atomic mass is 16.7. The number of fused-ring (bicyclic) bond motifs is 2. The number of rotatable bonds is 2. The third-order valence-corrected chi connectivity index (χ3v) is 4.41. The average Bonchev–Trinajstić information content (AvgIpc) is 2.14. The van der Waals surface area contributed by atoms with Crippen molar-refractivity contribution in [1.29, 1.82) is 0 Å². The summed E-state index contributed by atoms with van der Waals surface area (Å²) >= 11 is 0. The minimum absolute atomic E-state index is 0.375. The second-order valence-corrected chi connectivity index (χ2v) is 5.86. The molecule has 2 aliphatic carbocycles. The first-order chi connectivity index (χ1) is 7.53. The largest absolute Gasteiger partial charge is 0.506 e. The van der Waals surface area contributed by atoms with Gasteiger partial charge in [-0.05, 0) is 56.3 Å². The van der Waals surface area contributed by atoms with Gasteiger partial charge in [-0.3, -0.25) is 0 Å². The van der Waals surface area contributed by atoms with Gasteiger partial charge in [0.05, 0.1) is 0 Å². The molecule has 3 nitrogen and oxygen atoms in total. The Hall–Kier alpha value is -0.730. The lowest BCUT2D eigenvalue weighted by atomic mass is 9.62. The molecule has 16 heavy (non-hydrogen) atoms. The lowest BCUT2D eigenvalue weighted by Gasteiger charge is -2.47. The standard InChI is InChI=1S/C13H22O3/c1-3-13(16-12(14)15)7-10-4-9(2)5-11(6-10)8-13/h9-11H,3-8H2,1-2H3,(H,14,15). The van der Waals surface area contributed by atoms with Crippen LogP contribution in [0.15, 0.2) is 0 Å². The third-order valence-electron chi connectivity index (χ3n) is 4.41. The molecule has 0 aromatic heterocycles. The van der Waals surface area contributed by atoms with E-state index in [1.165, 1.54) is 19.3 Å². The summed E-state index contributed by atoms with van der Waals surface area (Å²) in [7, 11) is 0. The van der Waals surface area contributed by atoms with Crippen molar-refractivity contribution in [3.8, 4) is 0 Å². The highest BCUT2D eigenvalue weighted by molar-refractivity contribution is 5.57. The summed E-state index contributed by atoms with van der Waals surface area (Å²) in [4.78, 5) is 10.8. The normalized spacial score (nSPS) is 42.8. The van der Waals surface area contributed by atoms with E-state index in [1.54, 1.807) is 0 Å². The molecule has 2 rings (SSSR count). The maximum absolute atomic E-state index is 10.8. The van der Waals surface area contributed by atoms with Gasteiger partial charge in [-0.2, -0.15) is 0 Å². The molecule has 0 aromatic carbocycles. The van der Waals surface area contributed by atoms with Crippen molar-refractivity contribution in [1.82, 2.24) is 0 Å². The molecular weight excluding hydrogens is 204 g/mol. The van der Waals surface area contributed by atoms with Gasteiger partial charge >= 0.3 is 6.16 Å². The average molecular weight is 226 g/mol. The van der Waals surface area contributed by atoms with Crippen molar-refractivity contribution in [3.05, 3.63) is 0 Å². The quantitative estimate of drug-likeness (QED) is 0.731. The lowest BCUT2D eigenvalue weighted by Crippen LogP contribution is -2.45. The van der Waals surface area contributed by atoms with Crippen LogP contribution in [0, 0.1) is 17.8 Å². The molecule has 0 radical (unpaired) electrons. The summed E-state index contributed by atoms with van der Waals surface area (Å²) in [6, 6.07) is 0. The van der Waals surface area contributed by atoms with E-state index in [1.807, 2.05) is 6.92 Å². The van der Waals surface area contributed by atoms with Crippen LogP contribution in [-0.2, 0) is 4.74 Å². The van der Waals surface area contributed by atoms with Crippen molar-refractivity contribution in [2.45, 2.75) is 58.0 Å².